The molecule has 0 spiro atoms. The molecule has 84 valence electrons. The Balaban J connectivity index is 2.27. The van der Waals surface area contributed by atoms with Gasteiger partial charge in [0, 0.05) is 0 Å². The number of benzene rings is 3. The third-order valence-corrected chi connectivity index (χ3v) is 3.80. The second-order valence-electron chi connectivity index (χ2n) is 4.68. The van der Waals surface area contributed by atoms with E-state index in [2.05, 4.69) is 61.2 Å². The van der Waals surface area contributed by atoms with E-state index in [1.165, 1.54) is 38.6 Å². The van der Waals surface area contributed by atoms with Crippen LogP contribution in [0, 0.1) is 0 Å². The Morgan fingerprint density at radius 3 is 2.06 bits per heavy atom. The summed E-state index contributed by atoms with van der Waals surface area (Å²) in [4.78, 5) is 0. The lowest BCUT2D eigenvalue weighted by Gasteiger charge is -2.05. The Morgan fingerprint density at radius 2 is 1.33 bits per heavy atom. The van der Waals surface area contributed by atoms with Crippen LogP contribution in [0.5, 0.6) is 0 Å². The first-order valence-corrected chi connectivity index (χ1v) is 6.18. The summed E-state index contributed by atoms with van der Waals surface area (Å²) in [5.41, 5.74) is 6.60. The van der Waals surface area contributed by atoms with Crippen molar-refractivity contribution in [1.82, 2.24) is 0 Å². The van der Waals surface area contributed by atoms with Crippen molar-refractivity contribution in [3.05, 3.63) is 66.7 Å². The van der Waals surface area contributed by atoms with E-state index in [0.29, 0.717) is 0 Å². The summed E-state index contributed by atoms with van der Waals surface area (Å²) in [5.74, 6) is 0. The van der Waals surface area contributed by atoms with E-state index in [1.54, 1.807) is 0 Å². The fourth-order valence-corrected chi connectivity index (χ4v) is 3.01. The molecule has 0 aliphatic heterocycles. The molecule has 0 aromatic heterocycles. The van der Waals surface area contributed by atoms with E-state index < -0.39 is 0 Å². The Hall–Kier alpha value is -2.34. The fourth-order valence-electron chi connectivity index (χ4n) is 3.01. The highest BCUT2D eigenvalue weighted by molar-refractivity contribution is 6.16. The van der Waals surface area contributed by atoms with Crippen molar-refractivity contribution in [2.24, 2.45) is 0 Å². The highest BCUT2D eigenvalue weighted by Crippen LogP contribution is 2.47. The summed E-state index contributed by atoms with van der Waals surface area (Å²) in [5, 5.41) is 2.67. The van der Waals surface area contributed by atoms with Gasteiger partial charge < -0.3 is 0 Å². The summed E-state index contributed by atoms with van der Waals surface area (Å²) < 4.78 is 0. The molecule has 0 nitrogen and oxygen atoms in total. The van der Waals surface area contributed by atoms with Gasteiger partial charge in [-0.3, -0.25) is 0 Å². The molecule has 0 heterocycles. The lowest BCUT2D eigenvalue weighted by atomic mass is 9.99. The Labute approximate surface area is 106 Å². The summed E-state index contributed by atoms with van der Waals surface area (Å²) >= 11 is 0. The predicted octanol–water partition coefficient (Wildman–Crippen LogP) is 5.13. The molecular weight excluding hydrogens is 216 g/mol. The quantitative estimate of drug-likeness (QED) is 0.423. The molecule has 1 aliphatic rings. The van der Waals surface area contributed by atoms with Crippen LogP contribution in [-0.4, -0.2) is 0 Å². The van der Waals surface area contributed by atoms with Gasteiger partial charge in [-0.1, -0.05) is 67.3 Å². The predicted molar refractivity (Wildman–Crippen MR) is 78.5 cm³/mol. The van der Waals surface area contributed by atoms with Gasteiger partial charge in [0.15, 0.2) is 0 Å². The number of fused-ring (bicyclic) bond motifs is 3. The highest BCUT2D eigenvalue weighted by Gasteiger charge is 2.20. The molecule has 0 saturated heterocycles. The van der Waals surface area contributed by atoms with Crippen molar-refractivity contribution in [3.63, 3.8) is 0 Å². The molecule has 0 saturated carbocycles. The zero-order valence-corrected chi connectivity index (χ0v) is 9.98. The minimum Gasteiger partial charge on any atom is -0.0984 e. The summed E-state index contributed by atoms with van der Waals surface area (Å²) in [7, 11) is 0. The molecule has 0 heteroatoms. The zero-order chi connectivity index (χ0) is 12.1. The molecule has 0 N–H and O–H groups in total. The second-order valence-corrected chi connectivity index (χ2v) is 4.68. The van der Waals surface area contributed by atoms with Gasteiger partial charge in [-0.25, -0.2) is 0 Å². The normalized spacial score (nSPS) is 11.6. The summed E-state index contributed by atoms with van der Waals surface area (Å²) in [6.45, 7) is 3.91. The van der Waals surface area contributed by atoms with Gasteiger partial charge in [0.25, 0.3) is 0 Å². The van der Waals surface area contributed by atoms with Crippen LogP contribution >= 0.6 is 0 Å². The van der Waals surface area contributed by atoms with Crippen LogP contribution in [0.25, 0.3) is 39.1 Å². The molecule has 0 atom stereocenters. The van der Waals surface area contributed by atoms with Gasteiger partial charge in [0.1, 0.15) is 0 Å². The Bertz CT molecular complexity index is 765. The maximum atomic E-state index is 3.91. The van der Waals surface area contributed by atoms with Crippen LogP contribution in [0.15, 0.2) is 61.2 Å². The standard InChI is InChI=1S/C18H12/c1-2-12-10-11-17-15-7-4-3-6-14(15)16-9-5-8-13(12)18(16)17/h2-11H,1H2. The maximum absolute atomic E-state index is 3.91. The SMILES string of the molecule is C=Cc1ccc2c3c(cccc13)-c1ccccc1-2. The van der Waals surface area contributed by atoms with Gasteiger partial charge in [0.05, 0.1) is 0 Å². The minimum absolute atomic E-state index is 1.21. The second kappa shape index (κ2) is 3.33. The largest absolute Gasteiger partial charge is 0.0984 e. The average Bonchev–Trinajstić information content (AvgIpc) is 2.77. The number of rotatable bonds is 1. The smallest absolute Gasteiger partial charge is 0.00204 e. The number of hydrogen-bond acceptors (Lipinski definition) is 0. The van der Waals surface area contributed by atoms with Crippen LogP contribution in [0.4, 0.5) is 0 Å². The Kier molecular flexibility index (Phi) is 1.79. The van der Waals surface area contributed by atoms with E-state index in [9.17, 15) is 0 Å². The van der Waals surface area contributed by atoms with E-state index in [1.807, 2.05) is 6.08 Å². The van der Waals surface area contributed by atoms with E-state index in [-0.39, 0.29) is 0 Å². The van der Waals surface area contributed by atoms with Crippen LogP contribution in [-0.2, 0) is 0 Å². The van der Waals surface area contributed by atoms with Crippen LogP contribution in [0.2, 0.25) is 0 Å². The third kappa shape index (κ3) is 1.05. The number of hydrogen-bond donors (Lipinski definition) is 0. The first-order valence-electron chi connectivity index (χ1n) is 6.18. The molecule has 3 aromatic carbocycles. The molecule has 0 bridgehead atoms. The summed E-state index contributed by atoms with van der Waals surface area (Å²) in [6.07, 6.45) is 1.94. The fraction of sp³-hybridized carbons (Fsp3) is 0. The Morgan fingerprint density at radius 1 is 0.667 bits per heavy atom. The van der Waals surface area contributed by atoms with Gasteiger partial charge >= 0.3 is 0 Å². The van der Waals surface area contributed by atoms with Gasteiger partial charge in [-0.05, 0) is 38.6 Å². The molecule has 0 unspecified atom stereocenters. The molecule has 18 heavy (non-hydrogen) atoms. The lowest BCUT2D eigenvalue weighted by molar-refractivity contribution is 1.69. The average molecular weight is 228 g/mol. The maximum Gasteiger partial charge on any atom is -0.00204 e. The highest BCUT2D eigenvalue weighted by atomic mass is 14.2. The van der Waals surface area contributed by atoms with Crippen molar-refractivity contribution in [3.8, 4) is 22.3 Å². The monoisotopic (exact) mass is 228 g/mol. The molecular formula is C18H12. The van der Waals surface area contributed by atoms with Crippen molar-refractivity contribution in [2.75, 3.05) is 0 Å². The molecule has 1 aliphatic carbocycles. The van der Waals surface area contributed by atoms with Crippen molar-refractivity contribution < 1.29 is 0 Å². The summed E-state index contributed by atoms with van der Waals surface area (Å²) in [6, 6.07) is 19.5. The molecule has 0 amide bonds. The van der Waals surface area contributed by atoms with Gasteiger partial charge in [0.2, 0.25) is 0 Å². The molecule has 0 radical (unpaired) electrons. The topological polar surface area (TPSA) is 0 Å². The van der Waals surface area contributed by atoms with E-state index >= 15 is 0 Å². The van der Waals surface area contributed by atoms with Gasteiger partial charge in [-0.15, -0.1) is 0 Å². The van der Waals surface area contributed by atoms with Gasteiger partial charge in [-0.2, -0.15) is 0 Å². The first kappa shape index (κ1) is 9.67. The van der Waals surface area contributed by atoms with E-state index in [0.717, 1.165) is 0 Å². The zero-order valence-electron chi connectivity index (χ0n) is 9.98. The lowest BCUT2D eigenvalue weighted by Crippen LogP contribution is -1.80. The molecule has 4 rings (SSSR count). The van der Waals surface area contributed by atoms with Crippen molar-refractivity contribution in [2.45, 2.75) is 0 Å². The minimum atomic E-state index is 1.21. The third-order valence-electron chi connectivity index (χ3n) is 3.80. The molecule has 3 aromatic rings. The van der Waals surface area contributed by atoms with Crippen molar-refractivity contribution >= 4 is 16.8 Å². The van der Waals surface area contributed by atoms with Crippen molar-refractivity contribution in [1.29, 1.82) is 0 Å². The van der Waals surface area contributed by atoms with Crippen LogP contribution in [0.3, 0.4) is 0 Å². The van der Waals surface area contributed by atoms with E-state index in [4.69, 9.17) is 0 Å². The van der Waals surface area contributed by atoms with Crippen LogP contribution in [0.1, 0.15) is 5.56 Å². The van der Waals surface area contributed by atoms with Crippen LogP contribution < -0.4 is 0 Å². The molecule has 0 fully saturated rings. The first-order chi connectivity index (χ1) is 8.90.